The van der Waals surface area contributed by atoms with Crippen LogP contribution in [0.25, 0.3) is 0 Å². The number of para-hydroxylation sites is 1. The number of nitrogens with zero attached hydrogens (tertiary/aromatic N) is 3. The number of hydrogen-bond donors (Lipinski definition) is 2. The molecule has 2 heterocycles. The quantitative estimate of drug-likeness (QED) is 0.549. The average molecular weight is 538 g/mol. The zero-order valence-electron chi connectivity index (χ0n) is 23.2. The van der Waals surface area contributed by atoms with E-state index in [1.54, 1.807) is 7.05 Å². The molecule has 10 nitrogen and oxygen atoms in total. The summed E-state index contributed by atoms with van der Waals surface area (Å²) < 4.78 is 4.81. The fourth-order valence-corrected chi connectivity index (χ4v) is 6.46. The molecule has 1 aromatic carbocycles. The highest BCUT2D eigenvalue weighted by molar-refractivity contribution is 6.07. The second-order valence-electron chi connectivity index (χ2n) is 11.5. The summed E-state index contributed by atoms with van der Waals surface area (Å²) in [5.74, 6) is -0.909. The van der Waals surface area contributed by atoms with Gasteiger partial charge in [-0.1, -0.05) is 51.3 Å². The number of ether oxygens (including phenoxy) is 1. The Kier molecular flexibility index (Phi) is 8.48. The number of fused-ring (bicyclic) bond motifs is 2. The van der Waals surface area contributed by atoms with Gasteiger partial charge in [0, 0.05) is 25.7 Å². The SMILES string of the molecule is COC(=O)N[C@H](C(=O)N(C)[C@@H](CC(C)C)C(=O)N1C[C@]2(C[C@H]1C#N)C(=O)Nc1ccccc12)C1CCCCC1. The van der Waals surface area contributed by atoms with Crippen LogP contribution in [0.5, 0.6) is 0 Å². The molecule has 4 rings (SSSR count). The average Bonchev–Trinajstić information content (AvgIpc) is 3.47. The molecule has 39 heavy (non-hydrogen) atoms. The zero-order valence-corrected chi connectivity index (χ0v) is 23.2. The number of carbonyl (C=O) groups excluding carboxylic acids is 4. The minimum absolute atomic E-state index is 0.0526. The first kappa shape index (κ1) is 28.4. The highest BCUT2D eigenvalue weighted by Crippen LogP contribution is 2.46. The van der Waals surface area contributed by atoms with Gasteiger partial charge in [0.2, 0.25) is 17.7 Å². The molecular formula is C29H39N5O5. The Morgan fingerprint density at radius 1 is 1.23 bits per heavy atom. The van der Waals surface area contributed by atoms with Crippen molar-refractivity contribution in [3.63, 3.8) is 0 Å². The molecule has 3 aliphatic rings. The van der Waals surface area contributed by atoms with Gasteiger partial charge in [0.1, 0.15) is 18.1 Å². The number of hydrogen-bond acceptors (Lipinski definition) is 6. The van der Waals surface area contributed by atoms with Gasteiger partial charge in [0.05, 0.1) is 18.6 Å². The molecule has 2 fully saturated rings. The molecule has 10 heteroatoms. The van der Waals surface area contributed by atoms with Crippen molar-refractivity contribution in [3.8, 4) is 6.07 Å². The number of alkyl carbamates (subject to hydrolysis) is 1. The molecule has 1 aromatic rings. The number of benzene rings is 1. The van der Waals surface area contributed by atoms with E-state index in [0.717, 1.165) is 37.7 Å². The number of nitrogens with one attached hydrogen (secondary N) is 2. The second-order valence-corrected chi connectivity index (χ2v) is 11.5. The predicted molar refractivity (Wildman–Crippen MR) is 144 cm³/mol. The first-order valence-corrected chi connectivity index (χ1v) is 13.8. The van der Waals surface area contributed by atoms with E-state index in [1.807, 2.05) is 38.1 Å². The summed E-state index contributed by atoms with van der Waals surface area (Å²) in [6.45, 7) is 4.01. The van der Waals surface area contributed by atoms with Gasteiger partial charge in [-0.3, -0.25) is 14.4 Å². The summed E-state index contributed by atoms with van der Waals surface area (Å²) in [4.78, 5) is 56.4. The fourth-order valence-electron chi connectivity index (χ4n) is 6.46. The summed E-state index contributed by atoms with van der Waals surface area (Å²) in [6.07, 6.45) is 4.52. The lowest BCUT2D eigenvalue weighted by molar-refractivity contribution is -0.147. The van der Waals surface area contributed by atoms with Crippen LogP contribution in [-0.4, -0.2) is 72.4 Å². The van der Waals surface area contributed by atoms with Crippen LogP contribution in [0.3, 0.4) is 0 Å². The molecule has 2 N–H and O–H groups in total. The van der Waals surface area contributed by atoms with Crippen LogP contribution < -0.4 is 10.6 Å². The summed E-state index contributed by atoms with van der Waals surface area (Å²) in [6, 6.07) is 7.13. The van der Waals surface area contributed by atoms with E-state index in [4.69, 9.17) is 4.74 Å². The van der Waals surface area contributed by atoms with Crippen molar-refractivity contribution in [1.82, 2.24) is 15.1 Å². The lowest BCUT2D eigenvalue weighted by atomic mass is 9.80. The largest absolute Gasteiger partial charge is 0.453 e. The van der Waals surface area contributed by atoms with Crippen LogP contribution in [0, 0.1) is 23.2 Å². The van der Waals surface area contributed by atoms with E-state index < -0.39 is 29.6 Å². The van der Waals surface area contributed by atoms with E-state index >= 15 is 0 Å². The van der Waals surface area contributed by atoms with Crippen LogP contribution in [0.2, 0.25) is 0 Å². The van der Waals surface area contributed by atoms with Crippen LogP contribution in [0.4, 0.5) is 10.5 Å². The Hall–Kier alpha value is -3.61. The Labute approximate surface area is 230 Å². The topological polar surface area (TPSA) is 132 Å². The maximum absolute atomic E-state index is 14.2. The van der Waals surface area contributed by atoms with E-state index in [2.05, 4.69) is 16.7 Å². The first-order valence-electron chi connectivity index (χ1n) is 13.8. The number of likely N-dealkylation sites (N-methyl/N-ethyl adjacent to an activating group) is 1. The lowest BCUT2D eigenvalue weighted by Crippen LogP contribution is -2.58. The highest BCUT2D eigenvalue weighted by atomic mass is 16.5. The third kappa shape index (κ3) is 5.45. The lowest BCUT2D eigenvalue weighted by Gasteiger charge is -2.37. The predicted octanol–water partition coefficient (Wildman–Crippen LogP) is 3.18. The number of nitriles is 1. The van der Waals surface area contributed by atoms with Crippen LogP contribution in [0.1, 0.15) is 64.4 Å². The number of methoxy groups -OCH3 is 1. The molecule has 0 bridgehead atoms. The standard InChI is InChI=1S/C29H39N5O5/c1-18(2)14-23(33(3)26(36)24(32-28(38)39-4)19-10-6-5-7-11-19)25(35)34-17-29(15-20(34)16-30)21-12-8-9-13-22(21)31-27(29)37/h8-9,12-13,18-20,23-24H,5-7,10-11,14-15,17H2,1-4H3,(H,31,37)(H,32,38)/t20-,23-,24-,29-/m0/s1. The first-order chi connectivity index (χ1) is 18.6. The number of likely N-dealkylation sites (tertiary alicyclic amines) is 1. The van der Waals surface area contributed by atoms with E-state index in [1.165, 1.54) is 16.9 Å². The van der Waals surface area contributed by atoms with Crippen molar-refractivity contribution in [2.45, 2.75) is 82.3 Å². The normalized spacial score (nSPS) is 24.1. The zero-order chi connectivity index (χ0) is 28.3. The Balaban J connectivity index is 1.62. The van der Waals surface area contributed by atoms with Crippen molar-refractivity contribution in [1.29, 1.82) is 5.26 Å². The number of rotatable bonds is 7. The molecule has 4 amide bonds. The van der Waals surface area contributed by atoms with Gasteiger partial charge in [-0.25, -0.2) is 4.79 Å². The Morgan fingerprint density at radius 2 is 1.92 bits per heavy atom. The third-order valence-electron chi connectivity index (χ3n) is 8.56. The molecule has 0 aromatic heterocycles. The molecular weight excluding hydrogens is 498 g/mol. The molecule has 1 saturated heterocycles. The van der Waals surface area contributed by atoms with E-state index in [-0.39, 0.29) is 42.5 Å². The number of amides is 4. The molecule has 0 unspecified atom stereocenters. The number of carbonyl (C=O) groups is 4. The van der Waals surface area contributed by atoms with Crippen molar-refractivity contribution in [3.05, 3.63) is 29.8 Å². The monoisotopic (exact) mass is 537 g/mol. The highest BCUT2D eigenvalue weighted by Gasteiger charge is 2.56. The molecule has 0 radical (unpaired) electrons. The third-order valence-corrected chi connectivity index (χ3v) is 8.56. The smallest absolute Gasteiger partial charge is 0.407 e. The minimum atomic E-state index is -1.01. The minimum Gasteiger partial charge on any atom is -0.453 e. The van der Waals surface area contributed by atoms with Gasteiger partial charge in [-0.2, -0.15) is 5.26 Å². The van der Waals surface area contributed by atoms with Gasteiger partial charge < -0.3 is 25.2 Å². The fraction of sp³-hybridized carbons (Fsp3) is 0.621. The second kappa shape index (κ2) is 11.6. The molecule has 1 saturated carbocycles. The maximum atomic E-state index is 14.2. The van der Waals surface area contributed by atoms with Crippen LogP contribution in [-0.2, 0) is 24.5 Å². The maximum Gasteiger partial charge on any atom is 0.407 e. The van der Waals surface area contributed by atoms with Gasteiger partial charge in [0.25, 0.3) is 0 Å². The van der Waals surface area contributed by atoms with Crippen LogP contribution in [0.15, 0.2) is 24.3 Å². The van der Waals surface area contributed by atoms with Crippen molar-refractivity contribution in [2.75, 3.05) is 26.0 Å². The van der Waals surface area contributed by atoms with Gasteiger partial charge in [-0.05, 0) is 42.7 Å². The molecule has 2 aliphatic heterocycles. The van der Waals surface area contributed by atoms with Crippen molar-refractivity contribution >= 4 is 29.5 Å². The van der Waals surface area contributed by atoms with Crippen LogP contribution >= 0.6 is 0 Å². The molecule has 1 spiro atoms. The van der Waals surface area contributed by atoms with Gasteiger partial charge in [-0.15, -0.1) is 0 Å². The Bertz CT molecular complexity index is 1160. The number of anilines is 1. The Morgan fingerprint density at radius 3 is 2.56 bits per heavy atom. The van der Waals surface area contributed by atoms with Gasteiger partial charge >= 0.3 is 6.09 Å². The van der Waals surface area contributed by atoms with Gasteiger partial charge in [0.15, 0.2) is 0 Å². The van der Waals surface area contributed by atoms with Crippen molar-refractivity contribution < 1.29 is 23.9 Å². The summed E-state index contributed by atoms with van der Waals surface area (Å²) in [5.41, 5.74) is 0.480. The summed E-state index contributed by atoms with van der Waals surface area (Å²) in [7, 11) is 2.85. The van der Waals surface area contributed by atoms with Crippen molar-refractivity contribution in [2.24, 2.45) is 11.8 Å². The molecule has 1 aliphatic carbocycles. The summed E-state index contributed by atoms with van der Waals surface area (Å²) >= 11 is 0. The van der Waals surface area contributed by atoms with E-state index in [9.17, 15) is 24.4 Å². The molecule has 210 valence electrons. The molecule has 4 atom stereocenters. The summed E-state index contributed by atoms with van der Waals surface area (Å²) in [5, 5.41) is 15.7. The van der Waals surface area contributed by atoms with E-state index in [0.29, 0.717) is 12.1 Å².